The molecule has 0 aliphatic carbocycles. The van der Waals surface area contributed by atoms with Crippen LogP contribution in [-0.2, 0) is 24.3 Å². The number of hydrogen-bond acceptors (Lipinski definition) is 7. The van der Waals surface area contributed by atoms with Gasteiger partial charge >= 0.3 is 12.1 Å². The summed E-state index contributed by atoms with van der Waals surface area (Å²) in [5.74, 6) is -1.58. The average molecular weight is 447 g/mol. The van der Waals surface area contributed by atoms with Gasteiger partial charge in [0.05, 0.1) is 17.2 Å². The second kappa shape index (κ2) is 10.0. The zero-order valence-electron chi connectivity index (χ0n) is 16.1. The Morgan fingerprint density at radius 2 is 2.00 bits per heavy atom. The Kier molecular flexibility index (Phi) is 8.00. The van der Waals surface area contributed by atoms with Crippen LogP contribution in [0.25, 0.3) is 0 Å². The quantitative estimate of drug-likeness (QED) is 0.665. The number of hydrogen-bond donors (Lipinski definition) is 1. The molecule has 9 nitrogen and oxygen atoms in total. The number of amides is 2. The number of alkyl carbamates (subject to hydrolysis) is 1. The maximum Gasteiger partial charge on any atom is 0.413 e. The largest absolute Gasteiger partial charge is 0.452 e. The summed E-state index contributed by atoms with van der Waals surface area (Å²) < 4.78 is 36.6. The minimum absolute atomic E-state index is 0.0140. The van der Waals surface area contributed by atoms with E-state index in [1.165, 1.54) is 16.4 Å². The lowest BCUT2D eigenvalue weighted by Gasteiger charge is -2.30. The lowest BCUT2D eigenvalue weighted by molar-refractivity contribution is -0.123. The predicted molar refractivity (Wildman–Crippen MR) is 104 cm³/mol. The van der Waals surface area contributed by atoms with Crippen LogP contribution in [0.3, 0.4) is 0 Å². The van der Waals surface area contributed by atoms with E-state index in [0.717, 1.165) is 18.9 Å². The summed E-state index contributed by atoms with van der Waals surface area (Å²) in [5.41, 5.74) is -0.0815. The van der Waals surface area contributed by atoms with Crippen LogP contribution in [0, 0.1) is 5.92 Å². The third kappa shape index (κ3) is 6.15. The fourth-order valence-corrected chi connectivity index (χ4v) is 4.96. The molecule has 1 aliphatic heterocycles. The van der Waals surface area contributed by atoms with Crippen molar-refractivity contribution >= 4 is 39.6 Å². The summed E-state index contributed by atoms with van der Waals surface area (Å²) >= 11 is 6.08. The van der Waals surface area contributed by atoms with Crippen LogP contribution in [0.5, 0.6) is 0 Å². The van der Waals surface area contributed by atoms with Gasteiger partial charge in [-0.3, -0.25) is 10.1 Å². The number of esters is 1. The minimum Gasteiger partial charge on any atom is -0.452 e. The predicted octanol–water partition coefficient (Wildman–Crippen LogP) is 2.19. The van der Waals surface area contributed by atoms with E-state index in [2.05, 4.69) is 4.74 Å². The smallest absolute Gasteiger partial charge is 0.413 e. The summed E-state index contributed by atoms with van der Waals surface area (Å²) in [6.07, 6.45) is 0.735. The number of carbonyl (C=O) groups excluding carboxylic acids is 3. The van der Waals surface area contributed by atoms with E-state index in [4.69, 9.17) is 16.3 Å². The maximum absolute atomic E-state index is 13.0. The van der Waals surface area contributed by atoms with Gasteiger partial charge in [-0.2, -0.15) is 4.31 Å². The first kappa shape index (κ1) is 23.1. The molecule has 0 aromatic heterocycles. The molecule has 0 unspecified atom stereocenters. The Labute approximate surface area is 174 Å². The number of nitrogens with one attached hydrogen (secondary N) is 1. The fraction of sp³-hybridized carbons (Fsp3) is 0.500. The Morgan fingerprint density at radius 3 is 2.66 bits per heavy atom. The number of benzene rings is 1. The zero-order valence-corrected chi connectivity index (χ0v) is 17.7. The molecule has 29 heavy (non-hydrogen) atoms. The highest BCUT2D eigenvalue weighted by Crippen LogP contribution is 2.29. The first-order valence-electron chi connectivity index (χ1n) is 9.08. The SMILES string of the molecule is CCOC(=O)NC(=O)COC(=O)c1ccc(Cl)c(S(=O)(=O)N2CCC[C@H](C)C2)c1. The Hall–Kier alpha value is -2.17. The first-order chi connectivity index (χ1) is 13.6. The molecule has 2 rings (SSSR count). The highest BCUT2D eigenvalue weighted by atomic mass is 35.5. The molecular formula is C18H23ClN2O7S. The maximum atomic E-state index is 13.0. The number of rotatable bonds is 6. The van der Waals surface area contributed by atoms with Gasteiger partial charge in [-0.1, -0.05) is 18.5 Å². The summed E-state index contributed by atoms with van der Waals surface area (Å²) in [7, 11) is -3.88. The summed E-state index contributed by atoms with van der Waals surface area (Å²) in [6, 6.07) is 3.71. The zero-order chi connectivity index (χ0) is 21.6. The van der Waals surface area contributed by atoms with Crippen molar-refractivity contribution < 1.29 is 32.3 Å². The second-order valence-electron chi connectivity index (χ2n) is 6.60. The topological polar surface area (TPSA) is 119 Å². The van der Waals surface area contributed by atoms with E-state index in [1.807, 2.05) is 12.2 Å². The lowest BCUT2D eigenvalue weighted by Crippen LogP contribution is -2.39. The summed E-state index contributed by atoms with van der Waals surface area (Å²) in [4.78, 5) is 34.7. The number of nitrogens with zero attached hydrogens (tertiary/aromatic N) is 1. The number of carbonyl (C=O) groups is 3. The van der Waals surface area contributed by atoms with Gasteiger partial charge in [-0.05, 0) is 43.9 Å². The lowest BCUT2D eigenvalue weighted by atomic mass is 10.0. The van der Waals surface area contributed by atoms with Gasteiger partial charge < -0.3 is 9.47 Å². The van der Waals surface area contributed by atoms with Gasteiger partial charge in [0.15, 0.2) is 6.61 Å². The van der Waals surface area contributed by atoms with E-state index < -0.39 is 34.6 Å². The molecule has 1 fully saturated rings. The molecule has 1 atom stereocenters. The summed E-state index contributed by atoms with van der Waals surface area (Å²) in [5, 5.41) is 1.86. The van der Waals surface area contributed by atoms with Gasteiger partial charge in [-0.25, -0.2) is 18.0 Å². The number of imide groups is 1. The molecule has 160 valence electrons. The molecule has 0 radical (unpaired) electrons. The molecule has 0 spiro atoms. The average Bonchev–Trinajstić information content (AvgIpc) is 2.66. The number of piperidine rings is 1. The molecule has 1 saturated heterocycles. The van der Waals surface area contributed by atoms with E-state index in [0.29, 0.717) is 13.1 Å². The van der Waals surface area contributed by atoms with E-state index in [9.17, 15) is 22.8 Å². The van der Waals surface area contributed by atoms with Crippen LogP contribution < -0.4 is 5.32 Å². The molecular weight excluding hydrogens is 424 g/mol. The number of ether oxygens (including phenoxy) is 2. The molecule has 0 saturated carbocycles. The van der Waals surface area contributed by atoms with Crippen LogP contribution in [0.1, 0.15) is 37.0 Å². The second-order valence-corrected chi connectivity index (χ2v) is 8.91. The van der Waals surface area contributed by atoms with Crippen LogP contribution >= 0.6 is 11.6 Å². The van der Waals surface area contributed by atoms with Crippen molar-refractivity contribution in [2.45, 2.75) is 31.6 Å². The molecule has 11 heteroatoms. The molecule has 1 heterocycles. The van der Waals surface area contributed by atoms with Gasteiger partial charge in [0.1, 0.15) is 4.90 Å². The number of halogens is 1. The monoisotopic (exact) mass is 446 g/mol. The minimum atomic E-state index is -3.88. The van der Waals surface area contributed by atoms with Crippen LogP contribution in [0.15, 0.2) is 23.1 Å². The number of sulfonamides is 1. The molecule has 1 aromatic rings. The first-order valence-corrected chi connectivity index (χ1v) is 10.9. The van der Waals surface area contributed by atoms with Crippen molar-refractivity contribution in [1.82, 2.24) is 9.62 Å². The molecule has 2 amide bonds. The molecule has 1 aromatic carbocycles. The normalized spacial score (nSPS) is 17.4. The Balaban J connectivity index is 2.10. The standard InChI is InChI=1S/C18H23ClN2O7S/c1-3-27-18(24)20-16(22)11-28-17(23)13-6-7-14(19)15(9-13)29(25,26)21-8-4-5-12(2)10-21/h6-7,9,12H,3-5,8,10-11H2,1-2H3,(H,20,22,24)/t12-/m0/s1. The van der Waals surface area contributed by atoms with Crippen LogP contribution in [0.4, 0.5) is 4.79 Å². The van der Waals surface area contributed by atoms with Crippen molar-refractivity contribution in [3.8, 4) is 0 Å². The van der Waals surface area contributed by atoms with Crippen molar-refractivity contribution in [3.63, 3.8) is 0 Å². The third-order valence-corrected chi connectivity index (χ3v) is 6.60. The van der Waals surface area contributed by atoms with E-state index in [1.54, 1.807) is 6.92 Å². The Bertz CT molecular complexity index is 888. The molecule has 1 N–H and O–H groups in total. The molecule has 0 bridgehead atoms. The highest BCUT2D eigenvalue weighted by Gasteiger charge is 2.31. The van der Waals surface area contributed by atoms with Crippen LogP contribution in [-0.4, -0.2) is 57.0 Å². The fourth-order valence-electron chi connectivity index (χ4n) is 2.86. The van der Waals surface area contributed by atoms with Gasteiger partial charge in [0.25, 0.3) is 5.91 Å². The summed E-state index contributed by atoms with van der Waals surface area (Å²) in [6.45, 7) is 3.65. The van der Waals surface area contributed by atoms with Crippen molar-refractivity contribution in [3.05, 3.63) is 28.8 Å². The van der Waals surface area contributed by atoms with Crippen LogP contribution in [0.2, 0.25) is 5.02 Å². The van der Waals surface area contributed by atoms with Gasteiger partial charge in [0.2, 0.25) is 10.0 Å². The van der Waals surface area contributed by atoms with Crippen molar-refractivity contribution in [2.24, 2.45) is 5.92 Å². The van der Waals surface area contributed by atoms with Crippen molar-refractivity contribution in [1.29, 1.82) is 0 Å². The highest BCUT2D eigenvalue weighted by molar-refractivity contribution is 7.89. The Morgan fingerprint density at radius 1 is 1.28 bits per heavy atom. The van der Waals surface area contributed by atoms with Gasteiger partial charge in [-0.15, -0.1) is 0 Å². The third-order valence-electron chi connectivity index (χ3n) is 4.26. The van der Waals surface area contributed by atoms with E-state index >= 15 is 0 Å². The van der Waals surface area contributed by atoms with Gasteiger partial charge in [0, 0.05) is 13.1 Å². The van der Waals surface area contributed by atoms with E-state index in [-0.39, 0.29) is 28.0 Å². The molecule has 1 aliphatic rings. The van der Waals surface area contributed by atoms with Crippen molar-refractivity contribution in [2.75, 3.05) is 26.3 Å².